The quantitative estimate of drug-likeness (QED) is 0.743. The van der Waals surface area contributed by atoms with Gasteiger partial charge in [-0.1, -0.05) is 30.6 Å². The summed E-state index contributed by atoms with van der Waals surface area (Å²) in [6, 6.07) is 4.85. The molecule has 8 heteroatoms. The summed E-state index contributed by atoms with van der Waals surface area (Å²) in [6.45, 7) is 0. The second kappa shape index (κ2) is 7.04. The van der Waals surface area contributed by atoms with Crippen molar-refractivity contribution in [3.63, 3.8) is 0 Å². The van der Waals surface area contributed by atoms with E-state index >= 15 is 0 Å². The van der Waals surface area contributed by atoms with Crippen LogP contribution in [0.1, 0.15) is 42.5 Å². The molecule has 1 aromatic heterocycles. The number of carboxylic acids is 1. The van der Waals surface area contributed by atoms with Crippen LogP contribution in [0, 0.1) is 0 Å². The molecule has 0 unspecified atom stereocenters. The minimum absolute atomic E-state index is 0.225. The maximum absolute atomic E-state index is 12.0. The van der Waals surface area contributed by atoms with E-state index in [0.717, 1.165) is 35.9 Å². The Morgan fingerprint density at radius 2 is 2.04 bits per heavy atom. The Bertz CT molecular complexity index is 833. The number of thiazole rings is 1. The van der Waals surface area contributed by atoms with Gasteiger partial charge in [0.05, 0.1) is 15.8 Å². The predicted octanol–water partition coefficient (Wildman–Crippen LogP) is 2.39. The summed E-state index contributed by atoms with van der Waals surface area (Å²) in [5.74, 6) is -0.962. The second-order valence-corrected chi connectivity index (χ2v) is 6.97. The Balaban J connectivity index is 1.75. The number of nitrogens with zero attached hydrogens (tertiary/aromatic N) is 2. The van der Waals surface area contributed by atoms with Crippen molar-refractivity contribution in [1.82, 2.24) is 15.3 Å². The molecule has 7 nitrogen and oxygen atoms in total. The number of aryl methyl sites for hydroxylation is 1. The topological polar surface area (TPSA) is 95.7 Å². The van der Waals surface area contributed by atoms with E-state index < -0.39 is 5.97 Å². The van der Waals surface area contributed by atoms with Crippen molar-refractivity contribution in [2.45, 2.75) is 38.1 Å². The van der Waals surface area contributed by atoms with Crippen molar-refractivity contribution in [3.05, 3.63) is 28.6 Å². The SMILES string of the molecule is Cn1/c(=N/NC(=O)NC2CCCCC2)sc2cc(C(=O)O)ccc21. The number of urea groups is 1. The first kappa shape index (κ1) is 16.5. The number of carbonyl (C=O) groups excluding carboxylic acids is 1. The standard InChI is InChI=1S/C16H20N4O3S/c1-20-12-8-7-10(14(21)22)9-13(12)24-16(20)19-18-15(23)17-11-5-3-2-4-6-11/h7-9,11H,2-6H2,1H3,(H,21,22)(H2,17,18,23)/b19-16-. The van der Waals surface area contributed by atoms with Crippen LogP contribution >= 0.6 is 11.3 Å². The molecule has 0 spiro atoms. The molecular formula is C16H20N4O3S. The van der Waals surface area contributed by atoms with Crippen molar-refractivity contribution in [3.8, 4) is 0 Å². The molecule has 1 aliphatic rings. The van der Waals surface area contributed by atoms with Gasteiger partial charge in [-0.15, -0.1) is 5.10 Å². The van der Waals surface area contributed by atoms with E-state index in [9.17, 15) is 9.59 Å². The van der Waals surface area contributed by atoms with Gasteiger partial charge in [0.25, 0.3) is 0 Å². The maximum atomic E-state index is 12.0. The maximum Gasteiger partial charge on any atom is 0.335 e. The molecule has 0 aliphatic heterocycles. The molecule has 128 valence electrons. The highest BCUT2D eigenvalue weighted by atomic mass is 32.1. The molecule has 1 aliphatic carbocycles. The zero-order valence-electron chi connectivity index (χ0n) is 13.4. The third-order valence-electron chi connectivity index (χ3n) is 4.25. The summed E-state index contributed by atoms with van der Waals surface area (Å²) >= 11 is 1.33. The monoisotopic (exact) mass is 348 g/mol. The van der Waals surface area contributed by atoms with E-state index in [1.165, 1.54) is 17.8 Å². The van der Waals surface area contributed by atoms with Gasteiger partial charge in [0.15, 0.2) is 0 Å². The van der Waals surface area contributed by atoms with Crippen LogP contribution in [0.2, 0.25) is 0 Å². The first-order valence-electron chi connectivity index (χ1n) is 7.97. The lowest BCUT2D eigenvalue weighted by Crippen LogP contribution is -2.41. The summed E-state index contributed by atoms with van der Waals surface area (Å²) in [4.78, 5) is 23.6. The van der Waals surface area contributed by atoms with Crippen LogP contribution in [0.4, 0.5) is 4.79 Å². The first-order chi connectivity index (χ1) is 11.5. The van der Waals surface area contributed by atoms with Crippen LogP contribution in [-0.2, 0) is 7.05 Å². The minimum Gasteiger partial charge on any atom is -0.478 e. The third-order valence-corrected chi connectivity index (χ3v) is 5.34. The van der Waals surface area contributed by atoms with Crippen molar-refractivity contribution in [2.24, 2.45) is 12.1 Å². The third kappa shape index (κ3) is 3.59. The smallest absolute Gasteiger partial charge is 0.335 e. The van der Waals surface area contributed by atoms with Crippen LogP contribution in [0.3, 0.4) is 0 Å². The average Bonchev–Trinajstić information content (AvgIpc) is 2.89. The summed E-state index contributed by atoms with van der Waals surface area (Å²) in [5, 5.41) is 16.2. The summed E-state index contributed by atoms with van der Waals surface area (Å²) in [5.41, 5.74) is 3.64. The van der Waals surface area contributed by atoms with Gasteiger partial charge in [-0.3, -0.25) is 0 Å². The Morgan fingerprint density at radius 1 is 1.29 bits per heavy atom. The number of amides is 2. The van der Waals surface area contributed by atoms with Gasteiger partial charge in [-0.2, -0.15) is 0 Å². The van der Waals surface area contributed by atoms with Crippen LogP contribution in [0.25, 0.3) is 10.2 Å². The molecule has 0 radical (unpaired) electrons. The number of hydrogen-bond donors (Lipinski definition) is 3. The fraction of sp³-hybridized carbons (Fsp3) is 0.438. The fourth-order valence-corrected chi connectivity index (χ4v) is 3.96. The molecule has 0 bridgehead atoms. The molecule has 1 aromatic carbocycles. The van der Waals surface area contributed by atoms with E-state index in [1.54, 1.807) is 18.2 Å². The van der Waals surface area contributed by atoms with E-state index in [0.29, 0.717) is 4.80 Å². The van der Waals surface area contributed by atoms with Crippen molar-refractivity contribution >= 4 is 33.6 Å². The van der Waals surface area contributed by atoms with E-state index in [2.05, 4.69) is 15.8 Å². The molecule has 0 atom stereocenters. The lowest BCUT2D eigenvalue weighted by atomic mass is 9.96. The van der Waals surface area contributed by atoms with Crippen molar-refractivity contribution in [2.75, 3.05) is 0 Å². The van der Waals surface area contributed by atoms with Gasteiger partial charge in [-0.05, 0) is 31.0 Å². The van der Waals surface area contributed by atoms with Crippen LogP contribution < -0.4 is 15.5 Å². The molecule has 3 rings (SSSR count). The number of aromatic carboxylic acids is 1. The van der Waals surface area contributed by atoms with Crippen LogP contribution in [0.15, 0.2) is 23.3 Å². The molecule has 0 saturated heterocycles. The number of nitrogens with one attached hydrogen (secondary N) is 2. The van der Waals surface area contributed by atoms with Crippen molar-refractivity contribution < 1.29 is 14.7 Å². The first-order valence-corrected chi connectivity index (χ1v) is 8.79. The Hall–Kier alpha value is -2.35. The lowest BCUT2D eigenvalue weighted by molar-refractivity contribution is 0.0697. The minimum atomic E-state index is -0.962. The average molecular weight is 348 g/mol. The predicted molar refractivity (Wildman–Crippen MR) is 91.9 cm³/mol. The highest BCUT2D eigenvalue weighted by Gasteiger charge is 2.15. The number of rotatable bonds is 3. The number of aromatic nitrogens is 1. The summed E-state index contributed by atoms with van der Waals surface area (Å²) < 4.78 is 2.64. The molecular weight excluding hydrogens is 328 g/mol. The van der Waals surface area contributed by atoms with Crippen LogP contribution in [-0.4, -0.2) is 27.7 Å². The second-order valence-electron chi connectivity index (χ2n) is 5.96. The van der Waals surface area contributed by atoms with Crippen molar-refractivity contribution in [1.29, 1.82) is 0 Å². The summed E-state index contributed by atoms with van der Waals surface area (Å²) in [7, 11) is 1.83. The molecule has 1 saturated carbocycles. The fourth-order valence-electron chi connectivity index (χ4n) is 2.94. The van der Waals surface area contributed by atoms with Gasteiger partial charge < -0.3 is 15.0 Å². The molecule has 1 fully saturated rings. The highest BCUT2D eigenvalue weighted by Crippen LogP contribution is 2.18. The number of hydrogen-bond acceptors (Lipinski definition) is 4. The number of carbonyl (C=O) groups is 2. The van der Waals surface area contributed by atoms with E-state index in [-0.39, 0.29) is 17.6 Å². The Morgan fingerprint density at radius 3 is 2.75 bits per heavy atom. The van der Waals surface area contributed by atoms with Crippen LogP contribution in [0.5, 0.6) is 0 Å². The zero-order chi connectivity index (χ0) is 17.1. The normalized spacial score (nSPS) is 16.3. The van der Waals surface area contributed by atoms with E-state index in [1.807, 2.05) is 11.6 Å². The molecule has 24 heavy (non-hydrogen) atoms. The molecule has 2 amide bonds. The van der Waals surface area contributed by atoms with E-state index in [4.69, 9.17) is 5.11 Å². The number of carboxylic acid groups (broad SMARTS) is 1. The molecule has 2 aromatic rings. The van der Waals surface area contributed by atoms with Gasteiger partial charge in [0, 0.05) is 13.1 Å². The van der Waals surface area contributed by atoms with Gasteiger partial charge in [0.2, 0.25) is 4.80 Å². The molecule has 3 N–H and O–H groups in total. The van der Waals surface area contributed by atoms with Gasteiger partial charge in [0.1, 0.15) is 0 Å². The summed E-state index contributed by atoms with van der Waals surface area (Å²) in [6.07, 6.45) is 5.57. The largest absolute Gasteiger partial charge is 0.478 e. The van der Waals surface area contributed by atoms with Gasteiger partial charge in [-0.25, -0.2) is 15.0 Å². The highest BCUT2D eigenvalue weighted by molar-refractivity contribution is 7.16. The Labute approximate surface area is 143 Å². The Kier molecular flexibility index (Phi) is 4.84. The lowest BCUT2D eigenvalue weighted by Gasteiger charge is -2.22. The zero-order valence-corrected chi connectivity index (χ0v) is 14.2. The number of fused-ring (bicyclic) bond motifs is 1. The number of benzene rings is 1. The van der Waals surface area contributed by atoms with Gasteiger partial charge >= 0.3 is 12.0 Å². The molecule has 1 heterocycles.